The molecule has 4 nitrogen and oxygen atoms in total. The van der Waals surface area contributed by atoms with Crippen LogP contribution >= 0.6 is 0 Å². The number of nitrogens with one attached hydrogen (secondary N) is 1. The topological polar surface area (TPSA) is 41.6 Å². The van der Waals surface area contributed by atoms with Gasteiger partial charge in [-0.15, -0.1) is 0 Å². The number of hydrogen-bond donors (Lipinski definition) is 1. The molecule has 0 saturated carbocycles. The lowest BCUT2D eigenvalue weighted by Gasteiger charge is -2.32. The van der Waals surface area contributed by atoms with Gasteiger partial charge in [-0.25, -0.2) is 4.79 Å². The van der Waals surface area contributed by atoms with Crippen LogP contribution in [0.3, 0.4) is 0 Å². The highest BCUT2D eigenvalue weighted by atomic mass is 16.5. The van der Waals surface area contributed by atoms with Gasteiger partial charge in [0.05, 0.1) is 6.10 Å². The Balaban J connectivity index is 1.69. The minimum absolute atomic E-state index is 0.0442. The Morgan fingerprint density at radius 3 is 2.71 bits per heavy atom. The van der Waals surface area contributed by atoms with Gasteiger partial charge in [0.25, 0.3) is 0 Å². The summed E-state index contributed by atoms with van der Waals surface area (Å²) in [5.41, 5.74) is 3.24. The number of ether oxygens (including phenoxy) is 1. The van der Waals surface area contributed by atoms with Gasteiger partial charge in [0, 0.05) is 25.9 Å². The third-order valence-corrected chi connectivity index (χ3v) is 4.50. The van der Waals surface area contributed by atoms with E-state index in [1.54, 1.807) is 7.11 Å². The number of para-hydroxylation sites is 1. The van der Waals surface area contributed by atoms with Crippen LogP contribution in [-0.2, 0) is 11.2 Å². The lowest BCUT2D eigenvalue weighted by atomic mass is 10.0. The Morgan fingerprint density at radius 2 is 1.92 bits per heavy atom. The van der Waals surface area contributed by atoms with E-state index < -0.39 is 0 Å². The maximum Gasteiger partial charge on any atom is 0.321 e. The summed E-state index contributed by atoms with van der Waals surface area (Å²) in [6, 6.07) is 18.2. The zero-order valence-electron chi connectivity index (χ0n) is 14.1. The first-order chi connectivity index (χ1) is 11.8. The molecule has 1 heterocycles. The Bertz CT molecular complexity index is 672. The number of amides is 2. The molecule has 4 heteroatoms. The molecule has 24 heavy (non-hydrogen) atoms. The Morgan fingerprint density at radius 1 is 1.17 bits per heavy atom. The van der Waals surface area contributed by atoms with Gasteiger partial charge >= 0.3 is 6.03 Å². The van der Waals surface area contributed by atoms with Crippen molar-refractivity contribution in [2.45, 2.75) is 25.4 Å². The predicted octanol–water partition coefficient (Wildman–Crippen LogP) is 3.92. The van der Waals surface area contributed by atoms with E-state index in [0.717, 1.165) is 37.1 Å². The van der Waals surface area contributed by atoms with Crippen LogP contribution in [0.4, 0.5) is 10.5 Å². The highest BCUT2D eigenvalue weighted by molar-refractivity contribution is 5.90. The summed E-state index contributed by atoms with van der Waals surface area (Å²) in [5, 5.41) is 3.08. The van der Waals surface area contributed by atoms with Crippen LogP contribution in [-0.4, -0.2) is 37.2 Å². The lowest BCUT2D eigenvalue weighted by Crippen LogP contribution is -2.45. The summed E-state index contributed by atoms with van der Waals surface area (Å²) < 4.78 is 5.40. The first-order valence-corrected chi connectivity index (χ1v) is 8.47. The molecule has 1 aliphatic rings. The molecule has 0 radical (unpaired) electrons. The van der Waals surface area contributed by atoms with E-state index >= 15 is 0 Å². The van der Waals surface area contributed by atoms with Gasteiger partial charge in [-0.1, -0.05) is 48.5 Å². The highest BCUT2D eigenvalue weighted by Gasteiger charge is 2.23. The molecule has 2 amide bonds. The van der Waals surface area contributed by atoms with Gasteiger partial charge < -0.3 is 15.0 Å². The number of carbonyl (C=O) groups excluding carboxylic acids is 1. The van der Waals surface area contributed by atoms with Crippen LogP contribution in [0.25, 0.3) is 0 Å². The lowest BCUT2D eigenvalue weighted by molar-refractivity contribution is 0.0458. The van der Waals surface area contributed by atoms with E-state index in [0.29, 0.717) is 6.54 Å². The van der Waals surface area contributed by atoms with Crippen LogP contribution in [0.15, 0.2) is 54.6 Å². The van der Waals surface area contributed by atoms with Crippen molar-refractivity contribution in [3.8, 4) is 0 Å². The Hall–Kier alpha value is -2.33. The van der Waals surface area contributed by atoms with Crippen molar-refractivity contribution in [2.75, 3.05) is 25.5 Å². The fourth-order valence-electron chi connectivity index (χ4n) is 3.12. The summed E-state index contributed by atoms with van der Waals surface area (Å²) in [6.07, 6.45) is 2.95. The van der Waals surface area contributed by atoms with Crippen molar-refractivity contribution in [3.63, 3.8) is 0 Å². The number of rotatable bonds is 4. The largest absolute Gasteiger partial charge is 0.380 e. The van der Waals surface area contributed by atoms with Crippen molar-refractivity contribution in [3.05, 3.63) is 65.7 Å². The van der Waals surface area contributed by atoms with Crippen molar-refractivity contribution >= 4 is 11.7 Å². The predicted molar refractivity (Wildman–Crippen MR) is 96.3 cm³/mol. The third-order valence-electron chi connectivity index (χ3n) is 4.50. The van der Waals surface area contributed by atoms with Gasteiger partial charge in [0.2, 0.25) is 0 Å². The number of benzene rings is 2. The molecule has 1 unspecified atom stereocenters. The number of carbonyl (C=O) groups is 1. The molecule has 0 aromatic heterocycles. The maximum atomic E-state index is 12.6. The first-order valence-electron chi connectivity index (χ1n) is 8.47. The van der Waals surface area contributed by atoms with Crippen LogP contribution in [0, 0.1) is 0 Å². The molecule has 0 aliphatic carbocycles. The van der Waals surface area contributed by atoms with Crippen LogP contribution in [0.1, 0.15) is 24.0 Å². The van der Waals surface area contributed by atoms with E-state index in [-0.39, 0.29) is 12.1 Å². The Kier molecular flexibility index (Phi) is 5.49. The normalized spacial score (nSPS) is 17.5. The third kappa shape index (κ3) is 4.15. The number of methoxy groups -OCH3 is 1. The maximum absolute atomic E-state index is 12.6. The average Bonchev–Trinajstić information content (AvgIpc) is 2.64. The van der Waals surface area contributed by atoms with Crippen molar-refractivity contribution in [1.29, 1.82) is 0 Å². The zero-order chi connectivity index (χ0) is 16.8. The van der Waals surface area contributed by atoms with E-state index in [4.69, 9.17) is 4.74 Å². The van der Waals surface area contributed by atoms with Crippen LogP contribution in [0.2, 0.25) is 0 Å². The molecule has 1 saturated heterocycles. The second-order valence-corrected chi connectivity index (χ2v) is 6.20. The molecule has 2 aromatic rings. The number of urea groups is 1. The smallest absolute Gasteiger partial charge is 0.321 e. The van der Waals surface area contributed by atoms with Gasteiger partial charge in [0.15, 0.2) is 0 Å². The zero-order valence-corrected chi connectivity index (χ0v) is 14.1. The number of anilines is 1. The van der Waals surface area contributed by atoms with Crippen LogP contribution in [0.5, 0.6) is 0 Å². The SMILES string of the molecule is COC1CCCN(C(=O)Nc2ccccc2Cc2ccccc2)C1. The molecule has 2 aromatic carbocycles. The molecular weight excluding hydrogens is 300 g/mol. The fourth-order valence-corrected chi connectivity index (χ4v) is 3.12. The second kappa shape index (κ2) is 7.97. The van der Waals surface area contributed by atoms with Gasteiger partial charge in [-0.2, -0.15) is 0 Å². The minimum atomic E-state index is -0.0442. The summed E-state index contributed by atoms with van der Waals surface area (Å²) in [7, 11) is 1.71. The minimum Gasteiger partial charge on any atom is -0.380 e. The fraction of sp³-hybridized carbons (Fsp3) is 0.350. The highest BCUT2D eigenvalue weighted by Crippen LogP contribution is 2.21. The summed E-state index contributed by atoms with van der Waals surface area (Å²) in [4.78, 5) is 14.4. The van der Waals surface area contributed by atoms with E-state index in [1.165, 1.54) is 5.56 Å². The van der Waals surface area contributed by atoms with Crippen LogP contribution < -0.4 is 5.32 Å². The van der Waals surface area contributed by atoms with E-state index in [2.05, 4.69) is 23.5 Å². The molecule has 1 aliphatic heterocycles. The van der Waals surface area contributed by atoms with E-state index in [9.17, 15) is 4.79 Å². The number of piperidine rings is 1. The molecule has 1 atom stereocenters. The van der Waals surface area contributed by atoms with Crippen molar-refractivity contribution in [2.24, 2.45) is 0 Å². The Labute approximate surface area is 143 Å². The molecular formula is C20H24N2O2. The van der Waals surface area contributed by atoms with Crippen molar-refractivity contribution < 1.29 is 9.53 Å². The quantitative estimate of drug-likeness (QED) is 0.926. The molecule has 1 N–H and O–H groups in total. The molecule has 0 bridgehead atoms. The van der Waals surface area contributed by atoms with Gasteiger partial charge in [-0.3, -0.25) is 0 Å². The van der Waals surface area contributed by atoms with Gasteiger partial charge in [0.1, 0.15) is 0 Å². The van der Waals surface area contributed by atoms with Crippen molar-refractivity contribution in [1.82, 2.24) is 4.90 Å². The summed E-state index contributed by atoms with van der Waals surface area (Å²) >= 11 is 0. The first kappa shape index (κ1) is 16.5. The monoisotopic (exact) mass is 324 g/mol. The standard InChI is InChI=1S/C20H24N2O2/c1-24-18-11-7-13-22(15-18)20(23)21-19-12-6-5-10-17(19)14-16-8-3-2-4-9-16/h2-6,8-10,12,18H,7,11,13-15H2,1H3,(H,21,23). The number of likely N-dealkylation sites (tertiary alicyclic amines) is 1. The second-order valence-electron chi connectivity index (χ2n) is 6.20. The number of nitrogens with zero attached hydrogens (tertiary/aromatic N) is 1. The average molecular weight is 324 g/mol. The number of hydrogen-bond acceptors (Lipinski definition) is 2. The van der Waals surface area contributed by atoms with E-state index in [1.807, 2.05) is 41.3 Å². The summed E-state index contributed by atoms with van der Waals surface area (Å²) in [6.45, 7) is 1.44. The molecule has 0 spiro atoms. The molecule has 1 fully saturated rings. The summed E-state index contributed by atoms with van der Waals surface area (Å²) in [5.74, 6) is 0. The molecule has 126 valence electrons. The molecule has 3 rings (SSSR count). The van der Waals surface area contributed by atoms with Gasteiger partial charge in [-0.05, 0) is 36.5 Å².